The summed E-state index contributed by atoms with van der Waals surface area (Å²) in [5, 5.41) is 2.98. The molecule has 9 heteroatoms. The van der Waals surface area contributed by atoms with E-state index in [4.69, 9.17) is 16.3 Å². The van der Waals surface area contributed by atoms with Crippen molar-refractivity contribution in [2.45, 2.75) is 12.6 Å². The molecule has 2 rings (SSSR count). The number of alkyl halides is 3. The number of carbonyl (C=O) groups is 2. The van der Waals surface area contributed by atoms with E-state index in [1.54, 1.807) is 12.1 Å². The highest BCUT2D eigenvalue weighted by atomic mass is 35.5. The number of hydrogen-bond donors (Lipinski definition) is 1. The topological polar surface area (TPSA) is 58.6 Å². The summed E-state index contributed by atoms with van der Waals surface area (Å²) >= 11 is 5.90. The first-order valence-electron chi connectivity index (χ1n) is 8.13. The number of benzene rings is 2. The van der Waals surface area contributed by atoms with E-state index in [1.807, 2.05) is 0 Å². The molecule has 0 bridgehead atoms. The van der Waals surface area contributed by atoms with E-state index in [0.717, 1.165) is 17.0 Å². The van der Waals surface area contributed by atoms with E-state index in [-0.39, 0.29) is 18.5 Å². The molecule has 2 amide bonds. The molecule has 0 fully saturated rings. The van der Waals surface area contributed by atoms with Crippen molar-refractivity contribution in [1.29, 1.82) is 0 Å². The van der Waals surface area contributed by atoms with Gasteiger partial charge >= 0.3 is 6.18 Å². The number of ether oxygens (including phenoxy) is 1. The molecule has 0 aliphatic heterocycles. The largest absolute Gasteiger partial charge is 0.495 e. The Balaban J connectivity index is 1.99. The summed E-state index contributed by atoms with van der Waals surface area (Å²) in [6.07, 6.45) is -4.74. The maximum absolute atomic E-state index is 12.8. The average molecular weight is 415 g/mol. The maximum Gasteiger partial charge on any atom is 0.416 e. The number of anilines is 1. The first kappa shape index (κ1) is 21.6. The molecule has 1 N–H and O–H groups in total. The van der Waals surface area contributed by atoms with Crippen molar-refractivity contribution in [1.82, 2.24) is 4.90 Å². The normalized spacial score (nSPS) is 11.1. The minimum atomic E-state index is -4.49. The fourth-order valence-electron chi connectivity index (χ4n) is 2.44. The van der Waals surface area contributed by atoms with Gasteiger partial charge in [0, 0.05) is 12.1 Å². The van der Waals surface area contributed by atoms with E-state index in [0.29, 0.717) is 16.5 Å². The Morgan fingerprint density at radius 2 is 1.89 bits per heavy atom. The molecule has 28 heavy (non-hydrogen) atoms. The van der Waals surface area contributed by atoms with Gasteiger partial charge in [-0.15, -0.1) is 0 Å². The molecule has 0 atom stereocenters. The lowest BCUT2D eigenvalue weighted by molar-refractivity contribution is -0.137. The Morgan fingerprint density at radius 3 is 2.54 bits per heavy atom. The third-order valence-corrected chi connectivity index (χ3v) is 4.09. The van der Waals surface area contributed by atoms with Gasteiger partial charge in [0.15, 0.2) is 0 Å². The highest BCUT2D eigenvalue weighted by Crippen LogP contribution is 2.30. The number of nitrogens with one attached hydrogen (secondary N) is 1. The second-order valence-electron chi connectivity index (χ2n) is 6.02. The van der Waals surface area contributed by atoms with Gasteiger partial charge in [-0.2, -0.15) is 13.2 Å². The van der Waals surface area contributed by atoms with Crippen LogP contribution in [0.25, 0.3) is 0 Å². The monoisotopic (exact) mass is 414 g/mol. The molecule has 0 radical (unpaired) electrons. The van der Waals surface area contributed by atoms with Gasteiger partial charge in [0.05, 0.1) is 31.3 Å². The first-order chi connectivity index (χ1) is 13.1. The van der Waals surface area contributed by atoms with Crippen LogP contribution in [-0.2, 0) is 22.2 Å². The first-order valence-corrected chi connectivity index (χ1v) is 8.51. The minimum Gasteiger partial charge on any atom is -0.495 e. The average Bonchev–Trinajstić information content (AvgIpc) is 2.61. The minimum absolute atomic E-state index is 0.212. The second kappa shape index (κ2) is 8.97. The Bertz CT molecular complexity index is 872. The summed E-state index contributed by atoms with van der Waals surface area (Å²) in [5.74, 6) is -0.594. The molecule has 0 aliphatic carbocycles. The maximum atomic E-state index is 12.8. The molecule has 0 saturated carbocycles. The van der Waals surface area contributed by atoms with Gasteiger partial charge in [-0.3, -0.25) is 9.59 Å². The zero-order valence-corrected chi connectivity index (χ0v) is 15.9. The van der Waals surface area contributed by atoms with Gasteiger partial charge in [0.1, 0.15) is 5.75 Å². The van der Waals surface area contributed by atoms with Crippen LogP contribution >= 0.6 is 11.6 Å². The number of nitrogens with zero attached hydrogens (tertiary/aromatic N) is 1. The van der Waals surface area contributed by atoms with Crippen molar-refractivity contribution in [3.8, 4) is 5.75 Å². The summed E-state index contributed by atoms with van der Waals surface area (Å²) in [4.78, 5) is 25.6. The van der Waals surface area contributed by atoms with Gasteiger partial charge < -0.3 is 15.0 Å². The fraction of sp³-hybridized carbons (Fsp3) is 0.263. The van der Waals surface area contributed by atoms with E-state index in [2.05, 4.69) is 5.32 Å². The molecule has 2 aromatic rings. The lowest BCUT2D eigenvalue weighted by Gasteiger charge is -2.18. The highest BCUT2D eigenvalue weighted by molar-refractivity contribution is 6.31. The summed E-state index contributed by atoms with van der Waals surface area (Å²) in [5.41, 5.74) is -0.270. The van der Waals surface area contributed by atoms with Gasteiger partial charge in [-0.05, 0) is 29.8 Å². The number of methoxy groups -OCH3 is 1. The molecule has 5 nitrogen and oxygen atoms in total. The molecule has 2 aromatic carbocycles. The summed E-state index contributed by atoms with van der Waals surface area (Å²) in [6, 6.07) is 9.21. The molecule has 0 spiro atoms. The molecule has 150 valence electrons. The second-order valence-corrected chi connectivity index (χ2v) is 6.45. The number of rotatable bonds is 6. The molecule has 0 aliphatic rings. The van der Waals surface area contributed by atoms with Crippen molar-refractivity contribution >= 4 is 29.1 Å². The quantitative estimate of drug-likeness (QED) is 0.777. The molecule has 0 aromatic heterocycles. The van der Waals surface area contributed by atoms with Gasteiger partial charge in [-0.1, -0.05) is 29.8 Å². The summed E-state index contributed by atoms with van der Waals surface area (Å²) in [6.45, 7) is -0.284. The number of hydrogen-bond acceptors (Lipinski definition) is 3. The van der Waals surface area contributed by atoms with Crippen LogP contribution in [0.3, 0.4) is 0 Å². The van der Waals surface area contributed by atoms with Crippen molar-refractivity contribution in [3.05, 3.63) is 58.6 Å². The van der Waals surface area contributed by atoms with Crippen LogP contribution in [0, 0.1) is 0 Å². The van der Waals surface area contributed by atoms with Gasteiger partial charge in [0.2, 0.25) is 11.8 Å². The fourth-order valence-corrected chi connectivity index (χ4v) is 2.61. The van der Waals surface area contributed by atoms with Crippen LogP contribution in [0.5, 0.6) is 5.75 Å². The van der Waals surface area contributed by atoms with E-state index in [9.17, 15) is 22.8 Å². The molecular formula is C19H18ClF3N2O3. The Labute approximate surface area is 165 Å². The third-order valence-electron chi connectivity index (χ3n) is 3.85. The van der Waals surface area contributed by atoms with Crippen LogP contribution in [0.1, 0.15) is 11.1 Å². The van der Waals surface area contributed by atoms with E-state index in [1.165, 1.54) is 32.4 Å². The zero-order valence-electron chi connectivity index (χ0n) is 15.1. The van der Waals surface area contributed by atoms with Crippen LogP contribution < -0.4 is 10.1 Å². The Morgan fingerprint density at radius 1 is 1.18 bits per heavy atom. The lowest BCUT2D eigenvalue weighted by atomic mass is 10.1. The van der Waals surface area contributed by atoms with Crippen LogP contribution in [0.2, 0.25) is 5.02 Å². The molecular weight excluding hydrogens is 397 g/mol. The van der Waals surface area contributed by atoms with Crippen molar-refractivity contribution in [2.75, 3.05) is 26.0 Å². The highest BCUT2D eigenvalue weighted by Gasteiger charge is 2.30. The standard InChI is InChI=1S/C19H18ClF3N2O3/c1-25(11-17(26)24-15-10-14(20)6-7-16(15)28-2)18(27)9-12-4-3-5-13(8-12)19(21,22)23/h3-8,10H,9,11H2,1-2H3,(H,24,26). The summed E-state index contributed by atoms with van der Waals surface area (Å²) < 4.78 is 43.4. The lowest BCUT2D eigenvalue weighted by Crippen LogP contribution is -2.35. The van der Waals surface area contributed by atoms with E-state index >= 15 is 0 Å². The summed E-state index contributed by atoms with van der Waals surface area (Å²) in [7, 11) is 2.83. The predicted molar refractivity (Wildman–Crippen MR) is 99.4 cm³/mol. The SMILES string of the molecule is COc1ccc(Cl)cc1NC(=O)CN(C)C(=O)Cc1cccc(C(F)(F)F)c1. The van der Waals surface area contributed by atoms with Gasteiger partial charge in [0.25, 0.3) is 0 Å². The Hall–Kier alpha value is -2.74. The third kappa shape index (κ3) is 5.88. The van der Waals surface area contributed by atoms with Crippen LogP contribution in [0.4, 0.5) is 18.9 Å². The number of amides is 2. The van der Waals surface area contributed by atoms with Crippen molar-refractivity contribution in [3.63, 3.8) is 0 Å². The van der Waals surface area contributed by atoms with Crippen molar-refractivity contribution < 1.29 is 27.5 Å². The number of halogens is 4. The smallest absolute Gasteiger partial charge is 0.416 e. The molecule has 0 unspecified atom stereocenters. The number of likely N-dealkylation sites (N-methyl/N-ethyl adjacent to an activating group) is 1. The predicted octanol–water partition coefficient (Wildman–Crippen LogP) is 4.01. The molecule has 0 heterocycles. The number of carbonyl (C=O) groups excluding carboxylic acids is 2. The van der Waals surface area contributed by atoms with Crippen LogP contribution in [0.15, 0.2) is 42.5 Å². The Kier molecular flexibility index (Phi) is 6.90. The molecule has 0 saturated heterocycles. The van der Waals surface area contributed by atoms with Crippen molar-refractivity contribution in [2.24, 2.45) is 0 Å². The van der Waals surface area contributed by atoms with Gasteiger partial charge in [-0.25, -0.2) is 0 Å². The zero-order chi connectivity index (χ0) is 20.9. The van der Waals surface area contributed by atoms with E-state index < -0.39 is 23.6 Å². The van der Waals surface area contributed by atoms with Crippen LogP contribution in [-0.4, -0.2) is 37.4 Å².